The molecular weight excluding hydrogens is 300 g/mol. The van der Waals surface area contributed by atoms with Gasteiger partial charge in [0.2, 0.25) is 5.89 Å². The molecule has 1 aromatic heterocycles. The maximum atomic E-state index is 6.08. The van der Waals surface area contributed by atoms with E-state index in [2.05, 4.69) is 10.2 Å². The molecular formula is C17H15ClN2O2. The molecule has 5 heteroatoms. The van der Waals surface area contributed by atoms with Gasteiger partial charge in [0.25, 0.3) is 5.89 Å². The molecule has 0 saturated heterocycles. The van der Waals surface area contributed by atoms with Crippen LogP contribution in [0.2, 0.25) is 5.02 Å². The summed E-state index contributed by atoms with van der Waals surface area (Å²) < 4.78 is 11.5. The van der Waals surface area contributed by atoms with Crippen LogP contribution in [0.25, 0.3) is 11.5 Å². The van der Waals surface area contributed by atoms with Crippen molar-refractivity contribution < 1.29 is 9.15 Å². The topological polar surface area (TPSA) is 48.2 Å². The second-order valence-corrected chi connectivity index (χ2v) is 5.41. The maximum Gasteiger partial charge on any atom is 0.257 e. The Bertz CT molecular complexity index is 768. The zero-order valence-corrected chi connectivity index (χ0v) is 13.0. The quantitative estimate of drug-likeness (QED) is 0.691. The normalized spacial score (nSPS) is 12.1. The van der Waals surface area contributed by atoms with Crippen LogP contribution in [0.15, 0.2) is 52.9 Å². The number of para-hydroxylation sites is 1. The highest BCUT2D eigenvalue weighted by atomic mass is 35.5. The minimum Gasteiger partial charge on any atom is -0.479 e. The van der Waals surface area contributed by atoms with E-state index in [1.54, 1.807) is 12.1 Å². The number of benzene rings is 2. The lowest BCUT2D eigenvalue weighted by Gasteiger charge is -2.11. The predicted octanol–water partition coefficient (Wildman–Crippen LogP) is 4.84. The molecule has 0 saturated carbocycles. The molecule has 1 heterocycles. The Morgan fingerprint density at radius 3 is 2.50 bits per heavy atom. The Morgan fingerprint density at radius 2 is 1.77 bits per heavy atom. The number of hydrogen-bond donors (Lipinski definition) is 0. The van der Waals surface area contributed by atoms with Crippen LogP contribution in [0.4, 0.5) is 0 Å². The molecule has 3 rings (SSSR count). The van der Waals surface area contributed by atoms with Crippen molar-refractivity contribution >= 4 is 11.6 Å². The minimum absolute atomic E-state index is 0.383. The minimum atomic E-state index is -0.383. The number of rotatable bonds is 4. The highest BCUT2D eigenvalue weighted by molar-refractivity contribution is 6.32. The van der Waals surface area contributed by atoms with Crippen LogP contribution < -0.4 is 4.74 Å². The predicted molar refractivity (Wildman–Crippen MR) is 85.0 cm³/mol. The number of ether oxygens (including phenoxy) is 1. The van der Waals surface area contributed by atoms with Gasteiger partial charge in [0.05, 0.1) is 5.02 Å². The molecule has 0 aliphatic heterocycles. The molecule has 4 nitrogen and oxygen atoms in total. The summed E-state index contributed by atoms with van der Waals surface area (Å²) in [6.45, 7) is 3.87. The van der Waals surface area contributed by atoms with Gasteiger partial charge in [-0.1, -0.05) is 41.4 Å². The van der Waals surface area contributed by atoms with Crippen LogP contribution in [0.5, 0.6) is 5.75 Å². The van der Waals surface area contributed by atoms with Crippen LogP contribution >= 0.6 is 11.6 Å². The van der Waals surface area contributed by atoms with E-state index in [9.17, 15) is 0 Å². The van der Waals surface area contributed by atoms with Crippen molar-refractivity contribution in [3.8, 4) is 17.2 Å². The molecule has 0 aliphatic carbocycles. The van der Waals surface area contributed by atoms with E-state index in [-0.39, 0.29) is 6.10 Å². The molecule has 0 N–H and O–H groups in total. The van der Waals surface area contributed by atoms with E-state index in [1.165, 1.54) is 5.56 Å². The lowest BCUT2D eigenvalue weighted by molar-refractivity contribution is 0.190. The molecule has 0 radical (unpaired) electrons. The smallest absolute Gasteiger partial charge is 0.257 e. The highest BCUT2D eigenvalue weighted by Gasteiger charge is 2.17. The van der Waals surface area contributed by atoms with E-state index < -0.39 is 0 Å². The van der Waals surface area contributed by atoms with Crippen LogP contribution in [-0.4, -0.2) is 10.2 Å². The first-order valence-corrected chi connectivity index (χ1v) is 7.33. The van der Waals surface area contributed by atoms with Crippen molar-refractivity contribution in [1.29, 1.82) is 0 Å². The van der Waals surface area contributed by atoms with Gasteiger partial charge in [-0.05, 0) is 38.1 Å². The summed E-state index contributed by atoms with van der Waals surface area (Å²) in [7, 11) is 0. The largest absolute Gasteiger partial charge is 0.479 e. The Balaban J connectivity index is 1.78. The third kappa shape index (κ3) is 3.12. The monoisotopic (exact) mass is 314 g/mol. The molecule has 0 fully saturated rings. The second kappa shape index (κ2) is 6.20. The number of aromatic nitrogens is 2. The molecule has 0 spiro atoms. The molecule has 0 unspecified atom stereocenters. The molecule has 112 valence electrons. The van der Waals surface area contributed by atoms with Crippen molar-refractivity contribution in [1.82, 2.24) is 10.2 Å². The van der Waals surface area contributed by atoms with Gasteiger partial charge in [-0.25, -0.2) is 0 Å². The lowest BCUT2D eigenvalue weighted by Crippen LogP contribution is -2.03. The summed E-state index contributed by atoms with van der Waals surface area (Å²) in [5.74, 6) is 1.48. The van der Waals surface area contributed by atoms with Gasteiger partial charge in [-0.3, -0.25) is 0 Å². The van der Waals surface area contributed by atoms with E-state index >= 15 is 0 Å². The zero-order chi connectivity index (χ0) is 15.5. The average Bonchev–Trinajstić information content (AvgIpc) is 3.00. The standard InChI is InChI=1S/C17H15ClN2O2/c1-11-7-9-13(10-8-11)17-20-19-16(22-17)12(2)21-15-6-4-3-5-14(15)18/h3-10,12H,1-2H3/t12-/m1/s1. The Morgan fingerprint density at radius 1 is 1.05 bits per heavy atom. The molecule has 0 amide bonds. The van der Waals surface area contributed by atoms with Crippen molar-refractivity contribution in [3.05, 3.63) is 65.0 Å². The van der Waals surface area contributed by atoms with Crippen LogP contribution in [0.3, 0.4) is 0 Å². The molecule has 22 heavy (non-hydrogen) atoms. The van der Waals surface area contributed by atoms with Gasteiger partial charge < -0.3 is 9.15 Å². The molecule has 0 bridgehead atoms. The Labute approximate surface area is 133 Å². The van der Waals surface area contributed by atoms with Crippen molar-refractivity contribution in [2.24, 2.45) is 0 Å². The molecule has 1 atom stereocenters. The Kier molecular flexibility index (Phi) is 4.11. The zero-order valence-electron chi connectivity index (χ0n) is 12.3. The maximum absolute atomic E-state index is 6.08. The summed E-state index contributed by atoms with van der Waals surface area (Å²) in [6.07, 6.45) is -0.383. The van der Waals surface area contributed by atoms with E-state index in [0.29, 0.717) is 22.6 Å². The SMILES string of the molecule is Cc1ccc(-c2nnc([C@@H](C)Oc3ccccc3Cl)o2)cc1. The summed E-state index contributed by atoms with van der Waals surface area (Å²) in [5, 5.41) is 8.68. The van der Waals surface area contributed by atoms with Gasteiger partial charge in [0.1, 0.15) is 5.75 Å². The number of hydrogen-bond acceptors (Lipinski definition) is 4. The first-order chi connectivity index (χ1) is 10.6. The van der Waals surface area contributed by atoms with Crippen molar-refractivity contribution in [2.75, 3.05) is 0 Å². The van der Waals surface area contributed by atoms with E-state index in [4.69, 9.17) is 20.8 Å². The summed E-state index contributed by atoms with van der Waals surface area (Å²) in [4.78, 5) is 0. The van der Waals surface area contributed by atoms with Crippen LogP contribution in [0, 0.1) is 6.92 Å². The highest BCUT2D eigenvalue weighted by Crippen LogP contribution is 2.29. The Hall–Kier alpha value is -2.33. The fraction of sp³-hybridized carbons (Fsp3) is 0.176. The lowest BCUT2D eigenvalue weighted by atomic mass is 10.1. The van der Waals surface area contributed by atoms with Gasteiger partial charge in [-0.2, -0.15) is 0 Å². The fourth-order valence-corrected chi connectivity index (χ4v) is 2.17. The average molecular weight is 315 g/mol. The van der Waals surface area contributed by atoms with Gasteiger partial charge in [0, 0.05) is 5.56 Å². The van der Waals surface area contributed by atoms with E-state index in [0.717, 1.165) is 5.56 Å². The van der Waals surface area contributed by atoms with Gasteiger partial charge >= 0.3 is 0 Å². The fourth-order valence-electron chi connectivity index (χ4n) is 1.99. The summed E-state index contributed by atoms with van der Waals surface area (Å²) >= 11 is 6.08. The third-order valence-electron chi connectivity index (χ3n) is 3.23. The third-order valence-corrected chi connectivity index (χ3v) is 3.54. The van der Waals surface area contributed by atoms with Gasteiger partial charge in [-0.15, -0.1) is 10.2 Å². The van der Waals surface area contributed by atoms with Crippen molar-refractivity contribution in [3.63, 3.8) is 0 Å². The molecule has 0 aliphatic rings. The first-order valence-electron chi connectivity index (χ1n) is 6.95. The van der Waals surface area contributed by atoms with Gasteiger partial charge in [0.15, 0.2) is 6.10 Å². The number of aryl methyl sites for hydroxylation is 1. The molecule has 3 aromatic rings. The summed E-state index contributed by atoms with van der Waals surface area (Å²) in [6, 6.07) is 15.2. The number of halogens is 1. The molecule has 2 aromatic carbocycles. The summed E-state index contributed by atoms with van der Waals surface area (Å²) in [5.41, 5.74) is 2.06. The van der Waals surface area contributed by atoms with Crippen LogP contribution in [0.1, 0.15) is 24.5 Å². The second-order valence-electron chi connectivity index (χ2n) is 5.00. The number of nitrogens with zero attached hydrogens (tertiary/aromatic N) is 2. The van der Waals surface area contributed by atoms with Crippen molar-refractivity contribution in [2.45, 2.75) is 20.0 Å². The first kappa shape index (κ1) is 14.6. The van der Waals surface area contributed by atoms with E-state index in [1.807, 2.05) is 50.2 Å². The van der Waals surface area contributed by atoms with Crippen LogP contribution in [-0.2, 0) is 0 Å².